The fourth-order valence-electron chi connectivity index (χ4n) is 2.47. The molecule has 148 valence electrons. The Morgan fingerprint density at radius 2 is 1.70 bits per heavy atom. The molecule has 0 spiro atoms. The van der Waals surface area contributed by atoms with Gasteiger partial charge in [-0.1, -0.05) is 6.07 Å². The molecule has 0 atom stereocenters. The Hall–Kier alpha value is -3.17. The van der Waals surface area contributed by atoms with E-state index < -0.39 is 28.3 Å². The number of carbonyl (C=O) groups is 3. The molecule has 10 heteroatoms. The van der Waals surface area contributed by atoms with Gasteiger partial charge in [0.2, 0.25) is 11.4 Å². The van der Waals surface area contributed by atoms with E-state index >= 15 is 0 Å². The second-order valence-corrected chi connectivity index (χ2v) is 5.47. The second kappa shape index (κ2) is 9.51. The Kier molecular flexibility index (Phi) is 7.70. The Labute approximate surface area is 155 Å². The summed E-state index contributed by atoms with van der Waals surface area (Å²) < 4.78 is 14.9. The highest BCUT2D eigenvalue weighted by molar-refractivity contribution is 6.08. The molecule has 0 unspecified atom stereocenters. The van der Waals surface area contributed by atoms with Crippen molar-refractivity contribution >= 4 is 23.5 Å². The van der Waals surface area contributed by atoms with Gasteiger partial charge in [-0.05, 0) is 25.5 Å². The number of nitrogens with zero attached hydrogens (tertiary/aromatic N) is 1. The summed E-state index contributed by atoms with van der Waals surface area (Å²) in [7, 11) is 1.25. The molecule has 1 N–H and O–H groups in total. The molecule has 0 fully saturated rings. The zero-order chi connectivity index (χ0) is 20.6. The number of nitrogens with one attached hydrogen (secondary N) is 1. The van der Waals surface area contributed by atoms with Gasteiger partial charge in [0.25, 0.3) is 0 Å². The molecule has 1 rings (SSSR count). The minimum atomic E-state index is -2.13. The predicted molar refractivity (Wildman–Crippen MR) is 93.2 cm³/mol. The van der Waals surface area contributed by atoms with Crippen LogP contribution in [0, 0.1) is 10.1 Å². The van der Waals surface area contributed by atoms with Crippen molar-refractivity contribution in [3.8, 4) is 5.75 Å². The summed E-state index contributed by atoms with van der Waals surface area (Å²) in [6.45, 7) is 4.20. The zero-order valence-corrected chi connectivity index (χ0v) is 15.6. The van der Waals surface area contributed by atoms with Crippen LogP contribution in [0.25, 0.3) is 0 Å². The van der Waals surface area contributed by atoms with Crippen molar-refractivity contribution < 1.29 is 33.5 Å². The zero-order valence-electron chi connectivity index (χ0n) is 15.6. The van der Waals surface area contributed by atoms with E-state index in [0.29, 0.717) is 5.56 Å². The standard InChI is InChI=1S/C17H22N2O8/c1-5-26-15(21)17(18-11(3)20,16(22)27-6-2)10-12-7-8-13(19(23)24)14(9-12)25-4/h7-9H,5-6,10H2,1-4H3,(H,18,20). The Morgan fingerprint density at radius 3 is 2.11 bits per heavy atom. The lowest BCUT2D eigenvalue weighted by Gasteiger charge is -2.29. The number of nitro benzene ring substituents is 1. The van der Waals surface area contributed by atoms with Gasteiger partial charge < -0.3 is 19.5 Å². The van der Waals surface area contributed by atoms with E-state index in [2.05, 4.69) is 5.32 Å². The Morgan fingerprint density at radius 1 is 1.15 bits per heavy atom. The number of esters is 2. The van der Waals surface area contributed by atoms with Crippen LogP contribution in [0.1, 0.15) is 26.3 Å². The first kappa shape index (κ1) is 21.9. The number of amides is 1. The van der Waals surface area contributed by atoms with Gasteiger partial charge in [-0.2, -0.15) is 0 Å². The number of benzene rings is 1. The molecule has 0 heterocycles. The van der Waals surface area contributed by atoms with Crippen LogP contribution >= 0.6 is 0 Å². The molecule has 0 saturated carbocycles. The first-order valence-corrected chi connectivity index (χ1v) is 8.16. The lowest BCUT2D eigenvalue weighted by molar-refractivity contribution is -0.385. The van der Waals surface area contributed by atoms with E-state index in [4.69, 9.17) is 14.2 Å². The monoisotopic (exact) mass is 382 g/mol. The van der Waals surface area contributed by atoms with Gasteiger partial charge in [-0.15, -0.1) is 0 Å². The topological polar surface area (TPSA) is 134 Å². The molecule has 1 amide bonds. The first-order chi connectivity index (χ1) is 12.7. The van der Waals surface area contributed by atoms with Gasteiger partial charge in [0.1, 0.15) is 0 Å². The van der Waals surface area contributed by atoms with Crippen molar-refractivity contribution in [3.63, 3.8) is 0 Å². The van der Waals surface area contributed by atoms with Gasteiger partial charge in [-0.25, -0.2) is 9.59 Å². The summed E-state index contributed by atoms with van der Waals surface area (Å²) in [5, 5.41) is 13.4. The minimum absolute atomic E-state index is 0.0246. The van der Waals surface area contributed by atoms with E-state index in [-0.39, 0.29) is 31.1 Å². The van der Waals surface area contributed by atoms with Crippen LogP contribution in [-0.4, -0.2) is 48.6 Å². The van der Waals surface area contributed by atoms with Crippen molar-refractivity contribution in [2.45, 2.75) is 32.7 Å². The number of rotatable bonds is 9. The molecule has 1 aromatic rings. The largest absolute Gasteiger partial charge is 0.490 e. The summed E-state index contributed by atoms with van der Waals surface area (Å²) in [5.74, 6) is -2.68. The number of ether oxygens (including phenoxy) is 3. The number of hydrogen-bond acceptors (Lipinski definition) is 8. The number of carbonyl (C=O) groups excluding carboxylic acids is 3. The molecule has 0 aliphatic rings. The van der Waals surface area contributed by atoms with Gasteiger partial charge >= 0.3 is 17.6 Å². The number of nitro groups is 1. The summed E-state index contributed by atoms with van der Waals surface area (Å²) in [4.78, 5) is 47.2. The average Bonchev–Trinajstić information content (AvgIpc) is 2.60. The van der Waals surface area contributed by atoms with E-state index in [0.717, 1.165) is 6.92 Å². The van der Waals surface area contributed by atoms with Gasteiger partial charge in [0.15, 0.2) is 5.75 Å². The van der Waals surface area contributed by atoms with Crippen LogP contribution in [-0.2, 0) is 30.3 Å². The quantitative estimate of drug-likeness (QED) is 0.291. The lowest BCUT2D eigenvalue weighted by Crippen LogP contribution is -2.62. The summed E-state index contributed by atoms with van der Waals surface area (Å²) >= 11 is 0. The molecule has 0 radical (unpaired) electrons. The number of methoxy groups -OCH3 is 1. The smallest absolute Gasteiger partial charge is 0.344 e. The second-order valence-electron chi connectivity index (χ2n) is 5.47. The van der Waals surface area contributed by atoms with Crippen molar-refractivity contribution in [3.05, 3.63) is 33.9 Å². The summed E-state index contributed by atoms with van der Waals surface area (Å²) in [6, 6.07) is 3.85. The normalized spacial score (nSPS) is 10.7. The van der Waals surface area contributed by atoms with Crippen LogP contribution in [0.5, 0.6) is 5.75 Å². The third-order valence-electron chi connectivity index (χ3n) is 3.55. The minimum Gasteiger partial charge on any atom is -0.490 e. The highest BCUT2D eigenvalue weighted by Crippen LogP contribution is 2.29. The van der Waals surface area contributed by atoms with Gasteiger partial charge in [0, 0.05) is 19.4 Å². The first-order valence-electron chi connectivity index (χ1n) is 8.16. The summed E-state index contributed by atoms with van der Waals surface area (Å²) in [5.41, 5.74) is -2.08. The molecular formula is C17H22N2O8. The maximum absolute atomic E-state index is 12.6. The van der Waals surface area contributed by atoms with Crippen molar-refractivity contribution in [1.82, 2.24) is 5.32 Å². The highest BCUT2D eigenvalue weighted by atomic mass is 16.6. The summed E-state index contributed by atoms with van der Waals surface area (Å²) in [6.07, 6.45) is -0.335. The molecule has 0 saturated heterocycles. The fraction of sp³-hybridized carbons (Fsp3) is 0.471. The van der Waals surface area contributed by atoms with Crippen molar-refractivity contribution in [2.75, 3.05) is 20.3 Å². The predicted octanol–water partition coefficient (Wildman–Crippen LogP) is 1.15. The van der Waals surface area contributed by atoms with Crippen LogP contribution in [0.4, 0.5) is 5.69 Å². The van der Waals surface area contributed by atoms with E-state index in [1.807, 2.05) is 0 Å². The highest BCUT2D eigenvalue weighted by Gasteiger charge is 2.50. The molecule has 0 aromatic heterocycles. The Bertz CT molecular complexity index is 714. The fourth-order valence-corrected chi connectivity index (χ4v) is 2.47. The number of hydrogen-bond donors (Lipinski definition) is 1. The van der Waals surface area contributed by atoms with Gasteiger partial charge in [-0.3, -0.25) is 14.9 Å². The molecule has 0 aliphatic carbocycles. The molecule has 27 heavy (non-hydrogen) atoms. The molecule has 0 aliphatic heterocycles. The maximum atomic E-state index is 12.6. The molecule has 0 bridgehead atoms. The van der Waals surface area contributed by atoms with Crippen molar-refractivity contribution in [2.24, 2.45) is 0 Å². The van der Waals surface area contributed by atoms with Crippen LogP contribution in [0.2, 0.25) is 0 Å². The van der Waals surface area contributed by atoms with Gasteiger partial charge in [0.05, 0.1) is 25.2 Å². The lowest BCUT2D eigenvalue weighted by atomic mass is 9.90. The van der Waals surface area contributed by atoms with Crippen molar-refractivity contribution in [1.29, 1.82) is 0 Å². The Balaban J connectivity index is 3.45. The third kappa shape index (κ3) is 5.16. The molecule has 1 aromatic carbocycles. The van der Waals surface area contributed by atoms with E-state index in [1.54, 1.807) is 13.8 Å². The third-order valence-corrected chi connectivity index (χ3v) is 3.55. The van der Waals surface area contributed by atoms with Crippen LogP contribution in [0.3, 0.4) is 0 Å². The average molecular weight is 382 g/mol. The van der Waals surface area contributed by atoms with E-state index in [1.165, 1.54) is 25.3 Å². The van der Waals surface area contributed by atoms with Crippen LogP contribution in [0.15, 0.2) is 18.2 Å². The molecular weight excluding hydrogens is 360 g/mol. The molecule has 10 nitrogen and oxygen atoms in total. The van der Waals surface area contributed by atoms with Crippen LogP contribution < -0.4 is 10.1 Å². The maximum Gasteiger partial charge on any atom is 0.344 e. The van der Waals surface area contributed by atoms with E-state index in [9.17, 15) is 24.5 Å². The SMILES string of the molecule is CCOC(=O)C(Cc1ccc([N+](=O)[O-])c(OC)c1)(NC(C)=O)C(=O)OCC.